The Kier molecular flexibility index (Phi) is 8.62. The van der Waals surface area contributed by atoms with Gasteiger partial charge < -0.3 is 24.3 Å². The van der Waals surface area contributed by atoms with Crippen LogP contribution >= 0.6 is 24.0 Å². The Hall–Kier alpha value is -2.23. The molecule has 0 radical (unpaired) electrons. The van der Waals surface area contributed by atoms with E-state index >= 15 is 0 Å². The Balaban J connectivity index is 0.00000272. The van der Waals surface area contributed by atoms with Crippen molar-refractivity contribution in [3.05, 3.63) is 54.0 Å². The van der Waals surface area contributed by atoms with Gasteiger partial charge in [-0.15, -0.1) is 24.0 Å². The smallest absolute Gasteiger partial charge is 0.289 e. The Morgan fingerprint density at radius 3 is 2.48 bits per heavy atom. The lowest BCUT2D eigenvalue weighted by Gasteiger charge is -2.36. The summed E-state index contributed by atoms with van der Waals surface area (Å²) in [5.41, 5.74) is 1.14. The fraction of sp³-hybridized carbons (Fsp3) is 0.478. The number of ether oxygens (including phenoxy) is 1. The number of carbonyl (C=O) groups is 1. The maximum atomic E-state index is 12.5. The molecule has 2 heterocycles. The SMILES string of the molecule is CN=C(NCc1ccccc1OC1CCCC1)N1CCN(C(=O)c2ccco2)CC1.I. The molecule has 1 aliphatic heterocycles. The van der Waals surface area contributed by atoms with E-state index in [2.05, 4.69) is 27.3 Å². The van der Waals surface area contributed by atoms with Crippen molar-refractivity contribution in [2.75, 3.05) is 33.2 Å². The third-order valence-corrected chi connectivity index (χ3v) is 5.82. The summed E-state index contributed by atoms with van der Waals surface area (Å²) < 4.78 is 11.5. The molecule has 4 rings (SSSR count). The van der Waals surface area contributed by atoms with Crippen LogP contribution in [0.25, 0.3) is 0 Å². The third kappa shape index (κ3) is 5.93. The van der Waals surface area contributed by atoms with E-state index in [1.54, 1.807) is 19.2 Å². The van der Waals surface area contributed by atoms with Crippen molar-refractivity contribution in [1.82, 2.24) is 15.1 Å². The third-order valence-electron chi connectivity index (χ3n) is 5.82. The fourth-order valence-corrected chi connectivity index (χ4v) is 4.13. The van der Waals surface area contributed by atoms with E-state index < -0.39 is 0 Å². The lowest BCUT2D eigenvalue weighted by molar-refractivity contribution is 0.0657. The molecule has 2 fully saturated rings. The Morgan fingerprint density at radius 1 is 1.10 bits per heavy atom. The van der Waals surface area contributed by atoms with Gasteiger partial charge in [0.1, 0.15) is 5.75 Å². The van der Waals surface area contributed by atoms with Crippen molar-refractivity contribution in [1.29, 1.82) is 0 Å². The number of guanidine groups is 1. The largest absolute Gasteiger partial charge is 0.490 e. The molecule has 31 heavy (non-hydrogen) atoms. The minimum Gasteiger partial charge on any atom is -0.490 e. The average molecular weight is 538 g/mol. The van der Waals surface area contributed by atoms with E-state index in [0.29, 0.717) is 31.5 Å². The van der Waals surface area contributed by atoms with Crippen LogP contribution in [-0.4, -0.2) is 61.0 Å². The summed E-state index contributed by atoms with van der Waals surface area (Å²) >= 11 is 0. The number of carbonyl (C=O) groups excluding carboxylic acids is 1. The number of benzene rings is 1. The van der Waals surface area contributed by atoms with Crippen LogP contribution in [0.3, 0.4) is 0 Å². The second kappa shape index (κ2) is 11.4. The topological polar surface area (TPSA) is 70.3 Å². The molecule has 1 aromatic carbocycles. The lowest BCUT2D eigenvalue weighted by Crippen LogP contribution is -2.53. The number of hydrogen-bond acceptors (Lipinski definition) is 4. The molecule has 2 aromatic rings. The van der Waals surface area contributed by atoms with E-state index in [1.165, 1.54) is 19.1 Å². The number of halogens is 1. The van der Waals surface area contributed by atoms with Gasteiger partial charge in [-0.05, 0) is 43.9 Å². The zero-order valence-corrected chi connectivity index (χ0v) is 20.3. The van der Waals surface area contributed by atoms with Crippen molar-refractivity contribution in [3.8, 4) is 5.75 Å². The van der Waals surface area contributed by atoms with Crippen LogP contribution in [-0.2, 0) is 6.54 Å². The number of para-hydroxylation sites is 1. The quantitative estimate of drug-likeness (QED) is 0.357. The number of aliphatic imine (C=N–C) groups is 1. The van der Waals surface area contributed by atoms with Crippen molar-refractivity contribution in [2.24, 2.45) is 4.99 Å². The summed E-state index contributed by atoms with van der Waals surface area (Å²) in [6.07, 6.45) is 6.67. The molecule has 1 saturated heterocycles. The van der Waals surface area contributed by atoms with E-state index in [0.717, 1.165) is 43.2 Å². The van der Waals surface area contributed by atoms with Gasteiger partial charge in [0.25, 0.3) is 5.91 Å². The molecule has 1 N–H and O–H groups in total. The predicted molar refractivity (Wildman–Crippen MR) is 131 cm³/mol. The number of nitrogens with zero attached hydrogens (tertiary/aromatic N) is 3. The number of piperazine rings is 1. The first-order chi connectivity index (χ1) is 14.7. The molecule has 168 valence electrons. The van der Waals surface area contributed by atoms with Crippen LogP contribution < -0.4 is 10.1 Å². The van der Waals surface area contributed by atoms with Crippen LogP contribution in [0.2, 0.25) is 0 Å². The van der Waals surface area contributed by atoms with Gasteiger partial charge in [-0.1, -0.05) is 18.2 Å². The maximum Gasteiger partial charge on any atom is 0.289 e. The summed E-state index contributed by atoms with van der Waals surface area (Å²) in [7, 11) is 1.80. The number of hydrogen-bond donors (Lipinski definition) is 1. The molecule has 8 heteroatoms. The molecule has 0 spiro atoms. The van der Waals surface area contributed by atoms with Gasteiger partial charge in [-0.2, -0.15) is 0 Å². The number of rotatable bonds is 5. The molecule has 2 aliphatic rings. The van der Waals surface area contributed by atoms with E-state index in [4.69, 9.17) is 9.15 Å². The monoisotopic (exact) mass is 538 g/mol. The highest BCUT2D eigenvalue weighted by Gasteiger charge is 2.25. The van der Waals surface area contributed by atoms with E-state index in [9.17, 15) is 4.79 Å². The first-order valence-electron chi connectivity index (χ1n) is 10.8. The van der Waals surface area contributed by atoms with Gasteiger partial charge in [0.15, 0.2) is 11.7 Å². The minimum absolute atomic E-state index is 0. The normalized spacial score (nSPS) is 17.4. The number of nitrogens with one attached hydrogen (secondary N) is 1. The number of furan rings is 1. The summed E-state index contributed by atoms with van der Waals surface area (Å²) in [4.78, 5) is 20.9. The average Bonchev–Trinajstić information content (AvgIpc) is 3.50. The van der Waals surface area contributed by atoms with Crippen molar-refractivity contribution in [2.45, 2.75) is 38.3 Å². The Morgan fingerprint density at radius 2 is 1.81 bits per heavy atom. The maximum absolute atomic E-state index is 12.5. The van der Waals surface area contributed by atoms with Gasteiger partial charge in [-0.25, -0.2) is 0 Å². The molecule has 0 atom stereocenters. The van der Waals surface area contributed by atoms with E-state index in [-0.39, 0.29) is 29.9 Å². The molecule has 7 nitrogen and oxygen atoms in total. The standard InChI is InChI=1S/C23H30N4O3.HI/c1-24-23(27-14-12-26(13-15-27)22(28)21-11-6-16-29-21)25-17-18-7-2-5-10-20(18)30-19-8-3-4-9-19;/h2,5-7,10-11,16,19H,3-4,8-9,12-15,17H2,1H3,(H,24,25);1H. The zero-order chi connectivity index (χ0) is 20.8. The predicted octanol–water partition coefficient (Wildman–Crippen LogP) is 3.75. The molecule has 0 unspecified atom stereocenters. The summed E-state index contributed by atoms with van der Waals surface area (Å²) in [5, 5.41) is 3.47. The molecule has 1 aliphatic carbocycles. The van der Waals surface area contributed by atoms with E-state index in [1.807, 2.05) is 17.0 Å². The highest BCUT2D eigenvalue weighted by atomic mass is 127. The molecular weight excluding hydrogens is 507 g/mol. The highest BCUT2D eigenvalue weighted by molar-refractivity contribution is 14.0. The van der Waals surface area contributed by atoms with Crippen LogP contribution in [0.1, 0.15) is 41.8 Å². The Bertz CT molecular complexity index is 857. The first-order valence-corrected chi connectivity index (χ1v) is 10.8. The molecule has 1 amide bonds. The first kappa shape index (κ1) is 23.4. The molecule has 1 saturated carbocycles. The second-order valence-corrected chi connectivity index (χ2v) is 7.79. The van der Waals surface area contributed by atoms with Gasteiger partial charge in [0.2, 0.25) is 0 Å². The summed E-state index contributed by atoms with van der Waals surface area (Å²) in [6.45, 7) is 3.39. The Labute approximate surface area is 200 Å². The van der Waals surface area contributed by atoms with Gasteiger partial charge in [0, 0.05) is 45.3 Å². The van der Waals surface area contributed by atoms with Crippen LogP contribution in [0, 0.1) is 0 Å². The van der Waals surface area contributed by atoms with Crippen molar-refractivity contribution < 1.29 is 13.9 Å². The lowest BCUT2D eigenvalue weighted by atomic mass is 10.2. The molecule has 1 aromatic heterocycles. The van der Waals surface area contributed by atoms with Gasteiger partial charge in [0.05, 0.1) is 12.4 Å². The second-order valence-electron chi connectivity index (χ2n) is 7.79. The van der Waals surface area contributed by atoms with Gasteiger partial charge in [-0.3, -0.25) is 9.79 Å². The highest BCUT2D eigenvalue weighted by Crippen LogP contribution is 2.26. The molecule has 0 bridgehead atoms. The fourth-order valence-electron chi connectivity index (χ4n) is 4.13. The summed E-state index contributed by atoms with van der Waals surface area (Å²) in [6, 6.07) is 11.7. The van der Waals surface area contributed by atoms with Crippen molar-refractivity contribution in [3.63, 3.8) is 0 Å². The van der Waals surface area contributed by atoms with Crippen LogP contribution in [0.15, 0.2) is 52.1 Å². The number of amides is 1. The zero-order valence-electron chi connectivity index (χ0n) is 18.0. The van der Waals surface area contributed by atoms with Crippen molar-refractivity contribution >= 4 is 35.8 Å². The van der Waals surface area contributed by atoms with Gasteiger partial charge >= 0.3 is 0 Å². The summed E-state index contributed by atoms with van der Waals surface area (Å²) in [5.74, 6) is 2.14. The van der Waals surface area contributed by atoms with Crippen LogP contribution in [0.4, 0.5) is 0 Å². The van der Waals surface area contributed by atoms with Crippen LogP contribution in [0.5, 0.6) is 5.75 Å². The molecular formula is C23H31IN4O3. The minimum atomic E-state index is -0.0550.